The van der Waals surface area contributed by atoms with Gasteiger partial charge in [-0.2, -0.15) is 0 Å². The zero-order valence-electron chi connectivity index (χ0n) is 16.8. The molecule has 0 aromatic heterocycles. The predicted octanol–water partition coefficient (Wildman–Crippen LogP) is 5.44. The molecule has 1 aliphatic rings. The number of hydrogen-bond acceptors (Lipinski definition) is 7. The molecule has 3 rings (SSSR count). The lowest BCUT2D eigenvalue weighted by molar-refractivity contribution is -0.145. The van der Waals surface area contributed by atoms with Crippen LogP contribution in [0.5, 0.6) is 11.5 Å². The molecule has 1 aliphatic heterocycles. The number of nitrogens with zero attached hydrogens (tertiary/aromatic N) is 1. The fourth-order valence-electron chi connectivity index (χ4n) is 2.76. The summed E-state index contributed by atoms with van der Waals surface area (Å²) in [6.45, 7) is 1.72. The van der Waals surface area contributed by atoms with Crippen LogP contribution in [0.2, 0.25) is 5.02 Å². The Bertz CT molecular complexity index is 1130. The first-order valence-corrected chi connectivity index (χ1v) is 11.8. The second-order valence-corrected chi connectivity index (χ2v) is 9.49. The first-order valence-electron chi connectivity index (χ1n) is 9.14. The molecule has 32 heavy (non-hydrogen) atoms. The smallest absolute Gasteiger partial charge is 0.344 e. The maximum Gasteiger partial charge on any atom is 0.344 e. The Morgan fingerprint density at radius 3 is 2.75 bits per heavy atom. The van der Waals surface area contributed by atoms with Crippen LogP contribution in [0.15, 0.2) is 35.2 Å². The van der Waals surface area contributed by atoms with Crippen LogP contribution in [0.4, 0.5) is 10.1 Å². The van der Waals surface area contributed by atoms with Crippen LogP contribution < -0.4 is 14.4 Å². The topological polar surface area (TPSA) is 65.1 Å². The lowest BCUT2D eigenvalue weighted by Gasteiger charge is -2.15. The zero-order chi connectivity index (χ0) is 23.4. The van der Waals surface area contributed by atoms with E-state index in [4.69, 9.17) is 38.0 Å². The summed E-state index contributed by atoms with van der Waals surface area (Å²) in [6, 6.07) is 7.44. The SMILES string of the molecule is CCOC(=O)COc1c(I)cc(/C=C2/SC(=S)N(c3ccc(F)c(Cl)c3)C2=O)cc1OC. The van der Waals surface area contributed by atoms with E-state index in [2.05, 4.69) is 22.6 Å². The van der Waals surface area contributed by atoms with Crippen LogP contribution in [0, 0.1) is 9.39 Å². The van der Waals surface area contributed by atoms with Crippen molar-refractivity contribution in [1.29, 1.82) is 0 Å². The third-order valence-electron chi connectivity index (χ3n) is 4.14. The molecule has 0 aliphatic carbocycles. The Kier molecular flexibility index (Phi) is 8.37. The molecule has 0 spiro atoms. The fraction of sp³-hybridized carbons (Fsp3) is 0.190. The van der Waals surface area contributed by atoms with Crippen molar-refractivity contribution in [3.05, 3.63) is 55.2 Å². The van der Waals surface area contributed by atoms with E-state index in [1.165, 1.54) is 30.2 Å². The molecular weight excluding hydrogens is 592 g/mol. The first kappa shape index (κ1) is 24.7. The van der Waals surface area contributed by atoms with E-state index in [0.717, 1.165) is 11.8 Å². The molecule has 1 heterocycles. The molecule has 0 atom stereocenters. The number of thiocarbonyl (C=S) groups is 1. The first-order chi connectivity index (χ1) is 15.2. The van der Waals surface area contributed by atoms with E-state index >= 15 is 0 Å². The Morgan fingerprint density at radius 1 is 1.34 bits per heavy atom. The number of carbonyl (C=O) groups excluding carboxylic acids is 2. The number of ether oxygens (including phenoxy) is 3. The molecule has 0 saturated carbocycles. The lowest BCUT2D eigenvalue weighted by atomic mass is 10.1. The van der Waals surface area contributed by atoms with Gasteiger partial charge in [-0.1, -0.05) is 35.6 Å². The van der Waals surface area contributed by atoms with Crippen molar-refractivity contribution < 1.29 is 28.2 Å². The molecule has 1 amide bonds. The molecule has 0 radical (unpaired) electrons. The minimum Gasteiger partial charge on any atom is -0.493 e. The van der Waals surface area contributed by atoms with E-state index < -0.39 is 11.8 Å². The fourth-order valence-corrected chi connectivity index (χ4v) is 5.02. The Hall–Kier alpha value is -1.89. The van der Waals surface area contributed by atoms with Gasteiger partial charge in [-0.05, 0) is 71.5 Å². The summed E-state index contributed by atoms with van der Waals surface area (Å²) in [7, 11) is 1.48. The number of benzene rings is 2. The van der Waals surface area contributed by atoms with Crippen molar-refractivity contribution in [2.45, 2.75) is 6.92 Å². The van der Waals surface area contributed by atoms with Crippen molar-refractivity contribution >= 4 is 86.1 Å². The van der Waals surface area contributed by atoms with Crippen LogP contribution in [0.3, 0.4) is 0 Å². The highest BCUT2D eigenvalue weighted by molar-refractivity contribution is 14.1. The number of anilines is 1. The van der Waals surface area contributed by atoms with E-state index in [0.29, 0.717) is 35.5 Å². The predicted molar refractivity (Wildman–Crippen MR) is 135 cm³/mol. The average molecular weight is 608 g/mol. The van der Waals surface area contributed by atoms with Crippen molar-refractivity contribution in [2.75, 3.05) is 25.2 Å². The second-order valence-electron chi connectivity index (χ2n) is 6.24. The summed E-state index contributed by atoms with van der Waals surface area (Å²) in [5.41, 5.74) is 1.06. The summed E-state index contributed by atoms with van der Waals surface area (Å²) < 4.78 is 30.3. The Balaban J connectivity index is 1.87. The van der Waals surface area contributed by atoms with Gasteiger partial charge in [-0.25, -0.2) is 9.18 Å². The van der Waals surface area contributed by atoms with Crippen LogP contribution in [-0.2, 0) is 14.3 Å². The van der Waals surface area contributed by atoms with Crippen LogP contribution in [0.25, 0.3) is 6.08 Å². The largest absolute Gasteiger partial charge is 0.493 e. The molecule has 168 valence electrons. The summed E-state index contributed by atoms with van der Waals surface area (Å²) in [6.07, 6.45) is 1.67. The monoisotopic (exact) mass is 607 g/mol. The summed E-state index contributed by atoms with van der Waals surface area (Å²) >= 11 is 14.4. The van der Waals surface area contributed by atoms with Gasteiger partial charge in [0.2, 0.25) is 0 Å². The van der Waals surface area contributed by atoms with E-state index in [-0.39, 0.29) is 24.1 Å². The third kappa shape index (κ3) is 5.53. The van der Waals surface area contributed by atoms with Gasteiger partial charge >= 0.3 is 5.97 Å². The lowest BCUT2D eigenvalue weighted by Crippen LogP contribution is -2.27. The quantitative estimate of drug-likeness (QED) is 0.180. The van der Waals surface area contributed by atoms with E-state index in [1.807, 2.05) is 0 Å². The molecule has 1 saturated heterocycles. The van der Waals surface area contributed by atoms with Gasteiger partial charge in [-0.3, -0.25) is 9.69 Å². The molecule has 1 fully saturated rings. The maximum atomic E-state index is 13.5. The molecule has 11 heteroatoms. The van der Waals surface area contributed by atoms with Gasteiger partial charge in [-0.15, -0.1) is 0 Å². The number of amides is 1. The highest BCUT2D eigenvalue weighted by atomic mass is 127. The normalized spacial score (nSPS) is 14.8. The summed E-state index contributed by atoms with van der Waals surface area (Å²) in [5.74, 6) is -0.623. The molecule has 0 bridgehead atoms. The third-order valence-corrected chi connectivity index (χ3v) is 6.54. The van der Waals surface area contributed by atoms with Gasteiger partial charge < -0.3 is 14.2 Å². The van der Waals surface area contributed by atoms with Crippen molar-refractivity contribution in [3.63, 3.8) is 0 Å². The van der Waals surface area contributed by atoms with Gasteiger partial charge in [0.15, 0.2) is 22.4 Å². The number of esters is 1. The molecular formula is C21H16ClFINO5S2. The van der Waals surface area contributed by atoms with Crippen LogP contribution in [-0.4, -0.2) is 36.5 Å². The highest BCUT2D eigenvalue weighted by Gasteiger charge is 2.33. The highest BCUT2D eigenvalue weighted by Crippen LogP contribution is 2.39. The van der Waals surface area contributed by atoms with E-state index in [9.17, 15) is 14.0 Å². The standard InChI is InChI=1S/C21H16ClFINO5S2/c1-3-29-18(26)10-30-19-15(24)6-11(7-16(19)28-2)8-17-20(27)25(21(31)32-17)12-4-5-14(23)13(22)9-12/h4-9H,3,10H2,1-2H3/b17-8+. The number of rotatable bonds is 7. The van der Waals surface area contributed by atoms with Gasteiger partial charge in [0, 0.05) is 0 Å². The minimum atomic E-state index is -0.580. The second kappa shape index (κ2) is 10.8. The average Bonchev–Trinajstić information content (AvgIpc) is 3.02. The zero-order valence-corrected chi connectivity index (χ0v) is 21.4. The molecule has 0 unspecified atom stereocenters. The van der Waals surface area contributed by atoms with Crippen molar-refractivity contribution in [3.8, 4) is 11.5 Å². The number of thioether (sulfide) groups is 1. The van der Waals surface area contributed by atoms with Gasteiger partial charge in [0.1, 0.15) is 5.82 Å². The van der Waals surface area contributed by atoms with Crippen LogP contribution in [0.1, 0.15) is 12.5 Å². The molecule has 6 nitrogen and oxygen atoms in total. The van der Waals surface area contributed by atoms with Crippen molar-refractivity contribution in [2.24, 2.45) is 0 Å². The number of methoxy groups -OCH3 is 1. The molecule has 2 aromatic carbocycles. The van der Waals surface area contributed by atoms with Crippen LogP contribution >= 0.6 is 58.2 Å². The van der Waals surface area contributed by atoms with Crippen molar-refractivity contribution in [1.82, 2.24) is 0 Å². The minimum absolute atomic E-state index is 0.0989. The molecule has 0 N–H and O–H groups in total. The summed E-state index contributed by atoms with van der Waals surface area (Å²) in [5, 5.41) is -0.0989. The number of carbonyl (C=O) groups is 2. The van der Waals surface area contributed by atoms with E-state index in [1.54, 1.807) is 25.1 Å². The Labute approximate surface area is 212 Å². The number of halogens is 3. The maximum absolute atomic E-state index is 13.5. The number of hydrogen-bond donors (Lipinski definition) is 0. The van der Waals surface area contributed by atoms with Gasteiger partial charge in [0.05, 0.1) is 32.9 Å². The summed E-state index contributed by atoms with van der Waals surface area (Å²) in [4.78, 5) is 26.2. The van der Waals surface area contributed by atoms with Gasteiger partial charge in [0.25, 0.3) is 5.91 Å². The molecule has 2 aromatic rings. The Morgan fingerprint density at radius 2 is 2.09 bits per heavy atom.